The smallest absolute Gasteiger partial charge is 0.324 e. The van der Waals surface area contributed by atoms with Crippen LogP contribution in [0.2, 0.25) is 5.02 Å². The fourth-order valence-electron chi connectivity index (χ4n) is 5.02. The average molecular weight is 526 g/mol. The van der Waals surface area contributed by atoms with Crippen LogP contribution in [0.1, 0.15) is 6.92 Å². The van der Waals surface area contributed by atoms with Gasteiger partial charge in [-0.2, -0.15) is 0 Å². The number of hydrogen-bond acceptors (Lipinski definition) is 5. The molecule has 37 heavy (non-hydrogen) atoms. The molecule has 5 rings (SSSR count). The predicted octanol–water partition coefficient (Wildman–Crippen LogP) is 3.89. The molecule has 0 bridgehead atoms. The Hall–Kier alpha value is -3.56. The molecule has 1 atom stereocenters. The molecular weight excluding hydrogens is 497 g/mol. The average Bonchev–Trinajstić information content (AvgIpc) is 3.19. The Kier molecular flexibility index (Phi) is 6.59. The van der Waals surface area contributed by atoms with E-state index in [2.05, 4.69) is 12.2 Å². The van der Waals surface area contributed by atoms with E-state index in [1.165, 1.54) is 16.7 Å². The minimum Gasteiger partial charge on any atom is -0.507 e. The first-order valence-electron chi connectivity index (χ1n) is 12.2. The number of rotatable bonds is 4. The van der Waals surface area contributed by atoms with E-state index in [4.69, 9.17) is 11.6 Å². The van der Waals surface area contributed by atoms with Gasteiger partial charge in [-0.05, 0) is 42.8 Å². The Bertz CT molecular complexity index is 1440. The first-order chi connectivity index (χ1) is 17.6. The first-order valence-corrected chi connectivity index (χ1v) is 12.6. The van der Waals surface area contributed by atoms with Crippen LogP contribution >= 0.6 is 11.6 Å². The maximum absolute atomic E-state index is 14.9. The summed E-state index contributed by atoms with van der Waals surface area (Å²) in [5.74, 6) is -0.661. The maximum Gasteiger partial charge on any atom is 0.324 e. The van der Waals surface area contributed by atoms with Crippen molar-refractivity contribution >= 4 is 29.0 Å². The summed E-state index contributed by atoms with van der Waals surface area (Å²) >= 11 is 6.54. The predicted molar refractivity (Wildman–Crippen MR) is 144 cm³/mol. The summed E-state index contributed by atoms with van der Waals surface area (Å²) in [5.41, 5.74) is 2.47. The quantitative estimate of drug-likeness (QED) is 0.540. The molecule has 0 radical (unpaired) electrons. The van der Waals surface area contributed by atoms with E-state index < -0.39 is 5.82 Å². The van der Waals surface area contributed by atoms with E-state index in [0.29, 0.717) is 53.7 Å². The standard InChI is InChI=1S/C27H29ClFN5O3/c1-16-14-33(7-6-30-16)24-11-18(15-32(3)26(24)36)21-13-19(29)12-20(25(21)35)17-4-5-23(22(28)10-17)34-9-8-31(2)27(34)37/h4-5,10-13,15-16,30,35H,6-9,14H2,1-3H3/t16-/m1/s1. The number of carbonyl (C=O) groups is 1. The van der Waals surface area contributed by atoms with E-state index in [1.807, 2.05) is 4.90 Å². The molecule has 0 saturated carbocycles. The number of pyridine rings is 1. The van der Waals surface area contributed by atoms with Gasteiger partial charge in [0.2, 0.25) is 0 Å². The fraction of sp³-hybridized carbons (Fsp3) is 0.333. The molecular formula is C27H29ClFN5O3. The lowest BCUT2D eigenvalue weighted by Crippen LogP contribution is -2.50. The molecule has 2 fully saturated rings. The summed E-state index contributed by atoms with van der Waals surface area (Å²) < 4.78 is 16.4. The zero-order valence-electron chi connectivity index (χ0n) is 21.0. The number of phenols is 1. The third-order valence-electron chi connectivity index (χ3n) is 7.03. The first kappa shape index (κ1) is 25.1. The van der Waals surface area contributed by atoms with Gasteiger partial charge in [0.25, 0.3) is 5.56 Å². The number of halogens is 2. The minimum absolute atomic E-state index is 0.125. The molecule has 2 aromatic carbocycles. The Morgan fingerprint density at radius 3 is 2.38 bits per heavy atom. The van der Waals surface area contributed by atoms with Crippen molar-refractivity contribution in [1.82, 2.24) is 14.8 Å². The van der Waals surface area contributed by atoms with Crippen LogP contribution in [0.25, 0.3) is 22.3 Å². The second kappa shape index (κ2) is 9.72. The largest absolute Gasteiger partial charge is 0.507 e. The van der Waals surface area contributed by atoms with Gasteiger partial charge in [-0.15, -0.1) is 0 Å². The Labute approximate surface area is 219 Å². The van der Waals surface area contributed by atoms with Gasteiger partial charge in [0.15, 0.2) is 0 Å². The third-order valence-corrected chi connectivity index (χ3v) is 7.33. The van der Waals surface area contributed by atoms with Gasteiger partial charge < -0.3 is 24.8 Å². The van der Waals surface area contributed by atoms with Crippen molar-refractivity contribution < 1.29 is 14.3 Å². The number of anilines is 2. The Morgan fingerprint density at radius 1 is 1.00 bits per heavy atom. The summed E-state index contributed by atoms with van der Waals surface area (Å²) in [6.45, 7) is 5.26. The highest BCUT2D eigenvalue weighted by Gasteiger charge is 2.28. The summed E-state index contributed by atoms with van der Waals surface area (Å²) in [4.78, 5) is 30.5. The molecule has 10 heteroatoms. The van der Waals surface area contributed by atoms with E-state index in [9.17, 15) is 19.1 Å². The van der Waals surface area contributed by atoms with Crippen LogP contribution < -0.4 is 20.7 Å². The Morgan fingerprint density at radius 2 is 1.73 bits per heavy atom. The van der Waals surface area contributed by atoms with Gasteiger partial charge in [0.05, 0.1) is 10.7 Å². The molecule has 2 saturated heterocycles. The molecule has 2 aliphatic rings. The van der Waals surface area contributed by atoms with Gasteiger partial charge in [-0.1, -0.05) is 17.7 Å². The number of aromatic nitrogens is 1. The van der Waals surface area contributed by atoms with Crippen molar-refractivity contribution in [2.75, 3.05) is 49.6 Å². The molecule has 0 aliphatic carbocycles. The van der Waals surface area contributed by atoms with Gasteiger partial charge in [0.1, 0.15) is 17.3 Å². The van der Waals surface area contributed by atoms with Crippen molar-refractivity contribution in [2.45, 2.75) is 13.0 Å². The van der Waals surface area contributed by atoms with Crippen LogP contribution in [0.3, 0.4) is 0 Å². The fourth-order valence-corrected chi connectivity index (χ4v) is 5.31. The topological polar surface area (TPSA) is 81.0 Å². The maximum atomic E-state index is 14.9. The number of likely N-dealkylation sites (N-methyl/N-ethyl adjacent to an activating group) is 1. The lowest BCUT2D eigenvalue weighted by molar-refractivity contribution is 0.229. The van der Waals surface area contributed by atoms with Crippen molar-refractivity contribution in [2.24, 2.45) is 7.05 Å². The number of carbonyl (C=O) groups excluding carboxylic acids is 1. The molecule has 3 heterocycles. The van der Waals surface area contributed by atoms with Crippen LogP contribution in [-0.2, 0) is 7.05 Å². The number of hydrogen-bond donors (Lipinski definition) is 2. The van der Waals surface area contributed by atoms with Crippen LogP contribution in [0, 0.1) is 5.82 Å². The van der Waals surface area contributed by atoms with Gasteiger partial charge in [-0.3, -0.25) is 9.69 Å². The summed E-state index contributed by atoms with van der Waals surface area (Å²) in [7, 11) is 3.37. The molecule has 194 valence electrons. The van der Waals surface area contributed by atoms with E-state index >= 15 is 0 Å². The van der Waals surface area contributed by atoms with Crippen LogP contribution in [-0.4, -0.2) is 66.4 Å². The number of nitrogens with one attached hydrogen (secondary N) is 1. The van der Waals surface area contributed by atoms with Gasteiger partial charge in [0, 0.05) is 75.7 Å². The highest BCUT2D eigenvalue weighted by molar-refractivity contribution is 6.34. The van der Waals surface area contributed by atoms with E-state index in [0.717, 1.165) is 6.54 Å². The zero-order chi connectivity index (χ0) is 26.4. The number of urea groups is 1. The van der Waals surface area contributed by atoms with E-state index in [-0.39, 0.29) is 34.5 Å². The van der Waals surface area contributed by atoms with Gasteiger partial charge in [-0.25, -0.2) is 9.18 Å². The molecule has 2 aliphatic heterocycles. The monoisotopic (exact) mass is 525 g/mol. The number of amides is 2. The van der Waals surface area contributed by atoms with Crippen LogP contribution in [0.4, 0.5) is 20.6 Å². The minimum atomic E-state index is -0.537. The van der Waals surface area contributed by atoms with Crippen LogP contribution in [0.15, 0.2) is 47.4 Å². The summed E-state index contributed by atoms with van der Waals surface area (Å²) in [6.07, 6.45) is 1.60. The molecule has 0 unspecified atom stereocenters. The molecule has 8 nitrogen and oxygen atoms in total. The molecule has 2 amide bonds. The van der Waals surface area contributed by atoms with Crippen molar-refractivity contribution in [1.29, 1.82) is 0 Å². The summed E-state index contributed by atoms with van der Waals surface area (Å²) in [5, 5.41) is 15.0. The van der Waals surface area contributed by atoms with E-state index in [1.54, 1.807) is 54.4 Å². The normalized spacial score (nSPS) is 18.1. The van der Waals surface area contributed by atoms with Crippen molar-refractivity contribution in [3.05, 3.63) is 63.8 Å². The molecule has 1 aromatic heterocycles. The van der Waals surface area contributed by atoms with Crippen molar-refractivity contribution in [3.8, 4) is 28.0 Å². The number of nitrogens with zero attached hydrogens (tertiary/aromatic N) is 4. The summed E-state index contributed by atoms with van der Waals surface area (Å²) in [6, 6.07) is 9.33. The number of piperazine rings is 1. The number of aryl methyl sites for hydroxylation is 1. The number of aromatic hydroxyl groups is 1. The van der Waals surface area contributed by atoms with Gasteiger partial charge >= 0.3 is 6.03 Å². The lowest BCUT2D eigenvalue weighted by Gasteiger charge is -2.33. The second-order valence-corrected chi connectivity index (χ2v) is 10.1. The second-order valence-electron chi connectivity index (χ2n) is 9.70. The highest BCUT2D eigenvalue weighted by Crippen LogP contribution is 2.41. The van der Waals surface area contributed by atoms with Crippen LogP contribution in [0.5, 0.6) is 5.75 Å². The SMILES string of the molecule is C[C@@H]1CN(c2cc(-c3cc(F)cc(-c4ccc(N5CCN(C)C5=O)c(Cl)c4)c3O)cn(C)c2=O)CCN1. The van der Waals surface area contributed by atoms with Crippen molar-refractivity contribution in [3.63, 3.8) is 0 Å². The number of benzene rings is 2. The third kappa shape index (κ3) is 4.65. The zero-order valence-corrected chi connectivity index (χ0v) is 21.7. The molecule has 3 aromatic rings. The molecule has 2 N–H and O–H groups in total. The number of phenolic OH excluding ortho intramolecular Hbond substituents is 1. The molecule has 0 spiro atoms. The Balaban J connectivity index is 1.56. The highest BCUT2D eigenvalue weighted by atomic mass is 35.5. The lowest BCUT2D eigenvalue weighted by atomic mass is 9.97.